The van der Waals surface area contributed by atoms with Gasteiger partial charge in [-0.2, -0.15) is 11.8 Å². The van der Waals surface area contributed by atoms with Crippen molar-refractivity contribution in [2.75, 3.05) is 19.3 Å². The van der Waals surface area contributed by atoms with E-state index in [1.54, 1.807) is 0 Å². The zero-order valence-electron chi connectivity index (χ0n) is 14.1. The van der Waals surface area contributed by atoms with Crippen LogP contribution < -0.4 is 5.32 Å². The molecule has 0 bridgehead atoms. The van der Waals surface area contributed by atoms with Crippen LogP contribution in [0.3, 0.4) is 0 Å². The van der Waals surface area contributed by atoms with Gasteiger partial charge in [-0.3, -0.25) is 4.90 Å². The Hall–Kier alpha value is 0.270. The lowest BCUT2D eigenvalue weighted by molar-refractivity contribution is 0.0142. The van der Waals surface area contributed by atoms with Gasteiger partial charge in [0.1, 0.15) is 0 Å². The number of thioether (sulfide) groups is 1. The van der Waals surface area contributed by atoms with Crippen LogP contribution in [-0.4, -0.2) is 47.1 Å². The lowest BCUT2D eigenvalue weighted by Crippen LogP contribution is -2.67. The first-order valence-corrected chi connectivity index (χ1v) is 9.83. The summed E-state index contributed by atoms with van der Waals surface area (Å²) in [7, 11) is 0. The molecule has 1 N–H and O–H groups in total. The van der Waals surface area contributed by atoms with Gasteiger partial charge in [0.05, 0.1) is 0 Å². The number of rotatable bonds is 4. The number of hydrogen-bond acceptors (Lipinski definition) is 3. The molecule has 2 rings (SSSR count). The molecule has 2 aliphatic rings. The average molecular weight is 299 g/mol. The van der Waals surface area contributed by atoms with Crippen molar-refractivity contribution in [3.05, 3.63) is 0 Å². The van der Waals surface area contributed by atoms with Crippen molar-refractivity contribution in [3.63, 3.8) is 0 Å². The van der Waals surface area contributed by atoms with Crippen molar-refractivity contribution in [2.45, 2.75) is 82.7 Å². The molecule has 1 saturated heterocycles. The molecule has 118 valence electrons. The van der Waals surface area contributed by atoms with E-state index in [2.05, 4.69) is 55.9 Å². The summed E-state index contributed by atoms with van der Waals surface area (Å²) in [4.78, 5) is 2.89. The maximum atomic E-state index is 3.83. The van der Waals surface area contributed by atoms with Gasteiger partial charge in [-0.25, -0.2) is 0 Å². The minimum Gasteiger partial charge on any atom is -0.309 e. The van der Waals surface area contributed by atoms with Gasteiger partial charge in [-0.05, 0) is 38.4 Å². The van der Waals surface area contributed by atoms with Crippen molar-refractivity contribution in [2.24, 2.45) is 5.92 Å². The van der Waals surface area contributed by atoms with Gasteiger partial charge in [0, 0.05) is 36.0 Å². The molecule has 1 saturated carbocycles. The molecule has 20 heavy (non-hydrogen) atoms. The second-order valence-corrected chi connectivity index (χ2v) is 8.48. The molecule has 2 fully saturated rings. The molecule has 0 amide bonds. The van der Waals surface area contributed by atoms with E-state index in [1.807, 2.05) is 0 Å². The Bertz CT molecular complexity index is 307. The van der Waals surface area contributed by atoms with E-state index in [4.69, 9.17) is 0 Å². The van der Waals surface area contributed by atoms with E-state index in [0.717, 1.165) is 17.2 Å². The minimum atomic E-state index is 0.311. The molecule has 1 aliphatic heterocycles. The van der Waals surface area contributed by atoms with Crippen molar-refractivity contribution in [1.82, 2.24) is 10.2 Å². The Kier molecular flexibility index (Phi) is 5.84. The minimum absolute atomic E-state index is 0.311. The summed E-state index contributed by atoms with van der Waals surface area (Å²) >= 11 is 2.11. The Morgan fingerprint density at radius 1 is 1.30 bits per heavy atom. The van der Waals surface area contributed by atoms with Crippen molar-refractivity contribution in [3.8, 4) is 0 Å². The summed E-state index contributed by atoms with van der Waals surface area (Å²) in [5, 5.41) is 4.68. The summed E-state index contributed by atoms with van der Waals surface area (Å²) in [6, 6.07) is 1.52. The number of piperazine rings is 1. The zero-order chi connectivity index (χ0) is 14.8. The molecule has 0 aromatic heterocycles. The van der Waals surface area contributed by atoms with E-state index in [0.29, 0.717) is 11.6 Å². The molecular formula is C17H34N2S. The van der Waals surface area contributed by atoms with Crippen LogP contribution in [0.15, 0.2) is 0 Å². The molecule has 3 heteroatoms. The van der Waals surface area contributed by atoms with Gasteiger partial charge in [0.15, 0.2) is 0 Å². The van der Waals surface area contributed by atoms with Gasteiger partial charge in [0.2, 0.25) is 0 Å². The predicted octanol–water partition coefficient (Wildman–Crippen LogP) is 3.76. The first-order valence-electron chi connectivity index (χ1n) is 8.54. The van der Waals surface area contributed by atoms with Crippen LogP contribution in [0.5, 0.6) is 0 Å². The molecule has 0 aromatic carbocycles. The van der Waals surface area contributed by atoms with Gasteiger partial charge in [-0.15, -0.1) is 0 Å². The van der Waals surface area contributed by atoms with Gasteiger partial charge in [-0.1, -0.05) is 33.6 Å². The SMILES string of the molecule is CCC1(C)CN(C2CCCCC2SC)C(C(C)C)CN1. The molecular weight excluding hydrogens is 264 g/mol. The summed E-state index contributed by atoms with van der Waals surface area (Å²) in [6.45, 7) is 11.9. The van der Waals surface area contributed by atoms with E-state index >= 15 is 0 Å². The topological polar surface area (TPSA) is 15.3 Å². The fourth-order valence-corrected chi connectivity index (χ4v) is 5.00. The lowest BCUT2D eigenvalue weighted by atomic mass is 9.85. The van der Waals surface area contributed by atoms with Crippen LogP contribution in [0.1, 0.15) is 59.8 Å². The largest absolute Gasteiger partial charge is 0.309 e. The second-order valence-electron chi connectivity index (χ2n) is 7.40. The number of nitrogens with zero attached hydrogens (tertiary/aromatic N) is 1. The molecule has 0 aromatic rings. The molecule has 4 atom stereocenters. The van der Waals surface area contributed by atoms with Gasteiger partial charge < -0.3 is 5.32 Å². The number of nitrogens with one attached hydrogen (secondary N) is 1. The highest BCUT2D eigenvalue weighted by Crippen LogP contribution is 2.35. The highest BCUT2D eigenvalue weighted by molar-refractivity contribution is 7.99. The van der Waals surface area contributed by atoms with Crippen molar-refractivity contribution >= 4 is 11.8 Å². The lowest BCUT2D eigenvalue weighted by Gasteiger charge is -2.53. The summed E-state index contributed by atoms with van der Waals surface area (Å²) in [5.74, 6) is 0.744. The Balaban J connectivity index is 2.17. The average Bonchev–Trinajstić information content (AvgIpc) is 2.46. The smallest absolute Gasteiger partial charge is 0.0278 e. The Morgan fingerprint density at radius 3 is 2.60 bits per heavy atom. The third-order valence-corrected chi connectivity index (χ3v) is 6.80. The van der Waals surface area contributed by atoms with E-state index in [9.17, 15) is 0 Å². The normalized spacial score (nSPS) is 40.2. The number of hydrogen-bond donors (Lipinski definition) is 1. The fourth-order valence-electron chi connectivity index (χ4n) is 3.99. The van der Waals surface area contributed by atoms with Crippen LogP contribution in [0, 0.1) is 5.92 Å². The van der Waals surface area contributed by atoms with Crippen molar-refractivity contribution in [1.29, 1.82) is 0 Å². The maximum Gasteiger partial charge on any atom is 0.0278 e. The highest BCUT2D eigenvalue weighted by atomic mass is 32.2. The fraction of sp³-hybridized carbons (Fsp3) is 1.00. The molecule has 2 nitrogen and oxygen atoms in total. The maximum absolute atomic E-state index is 3.83. The summed E-state index contributed by atoms with van der Waals surface area (Å²) in [6.07, 6.45) is 9.24. The summed E-state index contributed by atoms with van der Waals surface area (Å²) < 4.78 is 0. The molecule has 1 aliphatic carbocycles. The van der Waals surface area contributed by atoms with E-state index in [1.165, 1.54) is 45.2 Å². The summed E-state index contributed by atoms with van der Waals surface area (Å²) in [5.41, 5.74) is 0.311. The standard InChI is InChI=1S/C17H34N2S/c1-6-17(4)12-19(15(11-18-17)13(2)3)14-9-7-8-10-16(14)20-5/h13-16,18H,6-12H2,1-5H3. The molecule has 0 radical (unpaired) electrons. The molecule has 1 heterocycles. The van der Waals surface area contributed by atoms with Crippen LogP contribution in [0.4, 0.5) is 0 Å². The van der Waals surface area contributed by atoms with E-state index < -0.39 is 0 Å². The quantitative estimate of drug-likeness (QED) is 0.851. The predicted molar refractivity (Wildman–Crippen MR) is 91.6 cm³/mol. The Labute approximate surface area is 130 Å². The monoisotopic (exact) mass is 298 g/mol. The van der Waals surface area contributed by atoms with Gasteiger partial charge >= 0.3 is 0 Å². The van der Waals surface area contributed by atoms with Crippen LogP contribution in [-0.2, 0) is 0 Å². The second kappa shape index (κ2) is 7.02. The third-order valence-electron chi connectivity index (χ3n) is 5.64. The molecule has 4 unspecified atom stereocenters. The highest BCUT2D eigenvalue weighted by Gasteiger charge is 2.41. The zero-order valence-corrected chi connectivity index (χ0v) is 14.9. The van der Waals surface area contributed by atoms with E-state index in [-0.39, 0.29) is 0 Å². The Morgan fingerprint density at radius 2 is 2.00 bits per heavy atom. The third kappa shape index (κ3) is 3.53. The van der Waals surface area contributed by atoms with Crippen molar-refractivity contribution < 1.29 is 0 Å². The first-order chi connectivity index (χ1) is 9.50. The van der Waals surface area contributed by atoms with Crippen LogP contribution in [0.2, 0.25) is 0 Å². The first kappa shape index (κ1) is 16.6. The van der Waals surface area contributed by atoms with Crippen LogP contribution >= 0.6 is 11.8 Å². The van der Waals surface area contributed by atoms with Crippen LogP contribution in [0.25, 0.3) is 0 Å². The molecule has 0 spiro atoms. The van der Waals surface area contributed by atoms with Gasteiger partial charge in [0.25, 0.3) is 0 Å².